The number of aryl methyl sites for hydroxylation is 1. The normalized spacial score (nSPS) is 20.0. The number of fused-ring (bicyclic) bond motifs is 1. The molecule has 53 heavy (non-hydrogen) atoms. The van der Waals surface area contributed by atoms with Gasteiger partial charge in [-0.15, -0.1) is 0 Å². The lowest BCUT2D eigenvalue weighted by atomic mass is 9.93. The van der Waals surface area contributed by atoms with Gasteiger partial charge in [0.2, 0.25) is 0 Å². The SMILES string of the molecule is COc1cc(/C(F)=C/c2cccc(-c3cccc(NC(=O)c4cc5n(n4)CCC[C@H]5N4CCC(C(=O)O)CC4)c3Cl)c2Cl)ncc1CN1CC[C@@H](O)C1. The van der Waals surface area contributed by atoms with Crippen molar-refractivity contribution in [3.63, 3.8) is 0 Å². The fourth-order valence-electron chi connectivity index (χ4n) is 7.60. The number of nitrogens with zero attached hydrogens (tertiary/aromatic N) is 5. The number of carbonyl (C=O) groups excluding carboxylic acids is 1. The van der Waals surface area contributed by atoms with E-state index in [-0.39, 0.29) is 39.5 Å². The minimum Gasteiger partial charge on any atom is -0.496 e. The van der Waals surface area contributed by atoms with Gasteiger partial charge in [0.15, 0.2) is 5.69 Å². The van der Waals surface area contributed by atoms with Crippen molar-refractivity contribution < 1.29 is 28.9 Å². The van der Waals surface area contributed by atoms with Crippen molar-refractivity contribution in [1.29, 1.82) is 0 Å². The van der Waals surface area contributed by atoms with Crippen molar-refractivity contribution >= 4 is 52.7 Å². The van der Waals surface area contributed by atoms with Crippen molar-refractivity contribution in [2.75, 3.05) is 38.6 Å². The predicted molar refractivity (Wildman–Crippen MR) is 202 cm³/mol. The number of aromatic nitrogens is 3. The highest BCUT2D eigenvalue weighted by atomic mass is 35.5. The van der Waals surface area contributed by atoms with Crippen LogP contribution in [0.15, 0.2) is 54.7 Å². The van der Waals surface area contributed by atoms with E-state index in [1.165, 1.54) is 13.2 Å². The standard InChI is InChI=1S/C39H41Cl2FN6O5/c1-53-35-19-31(43-20-25(35)21-46-14-12-26(49)22-46)29(42)17-24-5-2-6-27(36(24)40)28-7-3-8-30(37(28)41)44-38(50)32-18-34-33(9-4-13-48(34)45-32)47-15-10-23(11-16-47)39(51)52/h2-3,5-8,17-20,23,26,33,49H,4,9-16,21-22H2,1H3,(H,44,50)(H,51,52)/b29-17-/t26-,33-/m1/s1. The van der Waals surface area contributed by atoms with Crippen LogP contribution >= 0.6 is 23.2 Å². The topological polar surface area (TPSA) is 133 Å². The smallest absolute Gasteiger partial charge is 0.306 e. The van der Waals surface area contributed by atoms with Crippen molar-refractivity contribution in [3.8, 4) is 16.9 Å². The first-order valence-electron chi connectivity index (χ1n) is 17.8. The number of halogens is 3. The van der Waals surface area contributed by atoms with Gasteiger partial charge in [0.1, 0.15) is 17.3 Å². The third-order valence-corrected chi connectivity index (χ3v) is 11.3. The Morgan fingerprint density at radius 1 is 1.00 bits per heavy atom. The number of benzene rings is 2. The molecule has 3 aliphatic heterocycles. The molecule has 2 fully saturated rings. The molecule has 2 aromatic heterocycles. The fraction of sp³-hybridized carbons (Fsp3) is 0.385. The molecule has 3 N–H and O–H groups in total. The average Bonchev–Trinajstić information content (AvgIpc) is 3.79. The Labute approximate surface area is 317 Å². The number of aliphatic hydroxyl groups excluding tert-OH is 1. The van der Waals surface area contributed by atoms with E-state index in [0.717, 1.165) is 30.6 Å². The van der Waals surface area contributed by atoms with Gasteiger partial charge in [-0.05, 0) is 69.0 Å². The molecule has 0 bridgehead atoms. The molecule has 2 aromatic carbocycles. The van der Waals surface area contributed by atoms with Crippen LogP contribution in [0.3, 0.4) is 0 Å². The molecule has 0 spiro atoms. The summed E-state index contributed by atoms with van der Waals surface area (Å²) in [6.45, 7) is 3.94. The molecule has 278 valence electrons. The number of pyridine rings is 1. The number of aliphatic carboxylic acids is 1. The summed E-state index contributed by atoms with van der Waals surface area (Å²) in [5, 5.41) is 27.3. The highest BCUT2D eigenvalue weighted by Gasteiger charge is 2.33. The summed E-state index contributed by atoms with van der Waals surface area (Å²) < 4.78 is 23.1. The second-order valence-corrected chi connectivity index (χ2v) is 14.6. The molecule has 5 heterocycles. The van der Waals surface area contributed by atoms with Crippen LogP contribution in [0.25, 0.3) is 23.0 Å². The number of anilines is 1. The monoisotopic (exact) mass is 762 g/mol. The van der Waals surface area contributed by atoms with Crippen LogP contribution in [0, 0.1) is 5.92 Å². The third kappa shape index (κ3) is 7.97. The van der Waals surface area contributed by atoms with Crippen LogP contribution in [-0.4, -0.2) is 86.0 Å². The quantitative estimate of drug-likeness (QED) is 0.154. The Morgan fingerprint density at radius 2 is 1.75 bits per heavy atom. The summed E-state index contributed by atoms with van der Waals surface area (Å²) in [4.78, 5) is 33.8. The van der Waals surface area contributed by atoms with Crippen molar-refractivity contribution in [1.82, 2.24) is 24.6 Å². The summed E-state index contributed by atoms with van der Waals surface area (Å²) in [6, 6.07) is 13.9. The van der Waals surface area contributed by atoms with Gasteiger partial charge < -0.3 is 20.3 Å². The summed E-state index contributed by atoms with van der Waals surface area (Å²) >= 11 is 13.8. The van der Waals surface area contributed by atoms with Crippen LogP contribution in [0.5, 0.6) is 5.75 Å². The Bertz CT molecular complexity index is 2050. The zero-order chi connectivity index (χ0) is 37.2. The van der Waals surface area contributed by atoms with Gasteiger partial charge in [0.05, 0.1) is 46.6 Å². The molecule has 0 unspecified atom stereocenters. The highest BCUT2D eigenvalue weighted by molar-refractivity contribution is 6.39. The van der Waals surface area contributed by atoms with Gasteiger partial charge in [-0.2, -0.15) is 5.10 Å². The van der Waals surface area contributed by atoms with E-state index in [0.29, 0.717) is 80.1 Å². The fourth-order valence-corrected chi connectivity index (χ4v) is 8.16. The van der Waals surface area contributed by atoms with Crippen molar-refractivity contribution in [3.05, 3.63) is 93.0 Å². The number of rotatable bonds is 10. The zero-order valence-corrected chi connectivity index (χ0v) is 30.8. The van der Waals surface area contributed by atoms with E-state index in [2.05, 4.69) is 25.2 Å². The van der Waals surface area contributed by atoms with Crippen molar-refractivity contribution in [2.45, 2.75) is 57.3 Å². The van der Waals surface area contributed by atoms with Gasteiger partial charge in [0, 0.05) is 55.1 Å². The first-order chi connectivity index (χ1) is 25.6. The second-order valence-electron chi connectivity index (χ2n) is 13.9. The molecule has 2 saturated heterocycles. The summed E-state index contributed by atoms with van der Waals surface area (Å²) in [5.74, 6) is -1.57. The molecule has 3 aliphatic rings. The largest absolute Gasteiger partial charge is 0.496 e. The third-order valence-electron chi connectivity index (χ3n) is 10.4. The molecule has 4 aromatic rings. The molecule has 0 radical (unpaired) electrons. The van der Waals surface area contributed by atoms with E-state index in [9.17, 15) is 19.8 Å². The number of piperidine rings is 1. The molecule has 0 saturated carbocycles. The molecule has 1 amide bonds. The van der Waals surface area contributed by atoms with Gasteiger partial charge >= 0.3 is 5.97 Å². The Kier molecular flexibility index (Phi) is 11.1. The molecular weight excluding hydrogens is 722 g/mol. The van der Waals surface area contributed by atoms with Crippen LogP contribution < -0.4 is 10.1 Å². The van der Waals surface area contributed by atoms with E-state index < -0.39 is 17.7 Å². The average molecular weight is 764 g/mol. The van der Waals surface area contributed by atoms with Crippen LogP contribution in [0.4, 0.5) is 10.1 Å². The summed E-state index contributed by atoms with van der Waals surface area (Å²) in [6.07, 6.45) is 6.30. The van der Waals surface area contributed by atoms with E-state index in [1.807, 2.05) is 10.7 Å². The van der Waals surface area contributed by atoms with E-state index in [4.69, 9.17) is 27.9 Å². The number of aliphatic hydroxyl groups is 1. The number of methoxy groups -OCH3 is 1. The molecule has 14 heteroatoms. The maximum absolute atomic E-state index is 15.7. The minimum absolute atomic E-state index is 0.0700. The number of carboxylic acid groups (broad SMARTS) is 1. The minimum atomic E-state index is -0.742. The number of nitrogens with one attached hydrogen (secondary N) is 1. The number of carbonyl (C=O) groups is 2. The number of carboxylic acids is 1. The van der Waals surface area contributed by atoms with Gasteiger partial charge in [0.25, 0.3) is 5.91 Å². The lowest BCUT2D eigenvalue weighted by Crippen LogP contribution is -2.40. The number of amides is 1. The predicted octanol–water partition coefficient (Wildman–Crippen LogP) is 7.18. The summed E-state index contributed by atoms with van der Waals surface area (Å²) in [7, 11) is 1.53. The molecule has 2 atom stereocenters. The van der Waals surface area contributed by atoms with E-state index >= 15 is 4.39 Å². The Hall–Kier alpha value is -4.33. The lowest BCUT2D eigenvalue weighted by molar-refractivity contribution is -0.143. The maximum atomic E-state index is 15.7. The number of ether oxygens (including phenoxy) is 1. The number of β-amino-alcohol motifs (C(OH)–C–C–N with tert-alkyl or cyclic N) is 1. The van der Waals surface area contributed by atoms with Crippen LogP contribution in [0.2, 0.25) is 10.0 Å². The first-order valence-corrected chi connectivity index (χ1v) is 18.6. The first kappa shape index (κ1) is 37.0. The van der Waals surface area contributed by atoms with E-state index in [1.54, 1.807) is 48.7 Å². The van der Waals surface area contributed by atoms with Crippen LogP contribution in [-0.2, 0) is 17.9 Å². The molecule has 0 aliphatic carbocycles. The molecule has 7 rings (SSSR count). The number of hydrogen-bond acceptors (Lipinski definition) is 8. The number of likely N-dealkylation sites (tertiary alicyclic amines) is 2. The van der Waals surface area contributed by atoms with Crippen LogP contribution in [0.1, 0.15) is 71.1 Å². The molecule has 11 nitrogen and oxygen atoms in total. The number of hydrogen-bond donors (Lipinski definition) is 3. The summed E-state index contributed by atoms with van der Waals surface area (Å²) in [5.41, 5.74) is 3.99. The Balaban J connectivity index is 1.08. The molecular formula is C39H41Cl2FN6O5. The lowest BCUT2D eigenvalue weighted by Gasteiger charge is -2.38. The van der Waals surface area contributed by atoms with Gasteiger partial charge in [-0.1, -0.05) is 53.5 Å². The zero-order valence-electron chi connectivity index (χ0n) is 29.3. The highest BCUT2D eigenvalue weighted by Crippen LogP contribution is 2.40. The Morgan fingerprint density at radius 3 is 2.47 bits per heavy atom. The second kappa shape index (κ2) is 16.0. The maximum Gasteiger partial charge on any atom is 0.306 e. The van der Waals surface area contributed by atoms with Crippen molar-refractivity contribution in [2.24, 2.45) is 5.92 Å². The van der Waals surface area contributed by atoms with Gasteiger partial charge in [-0.25, -0.2) is 4.39 Å². The van der Waals surface area contributed by atoms with Gasteiger partial charge in [-0.3, -0.25) is 29.1 Å².